The highest BCUT2D eigenvalue weighted by atomic mass is 35.5. The van der Waals surface area contributed by atoms with Crippen molar-refractivity contribution in [3.05, 3.63) is 28.2 Å². The fourth-order valence-corrected chi connectivity index (χ4v) is 1.78. The Balaban J connectivity index is 2.83. The summed E-state index contributed by atoms with van der Waals surface area (Å²) in [7, 11) is 0. The summed E-state index contributed by atoms with van der Waals surface area (Å²) in [6, 6.07) is 4.49. The summed E-state index contributed by atoms with van der Waals surface area (Å²) in [5.74, 6) is -1.38. The molecule has 0 heterocycles. The van der Waals surface area contributed by atoms with Crippen LogP contribution in [0.2, 0.25) is 10.0 Å². The molecular weight excluding hydrogens is 289 g/mol. The van der Waals surface area contributed by atoms with Gasteiger partial charge in [0, 0.05) is 10.4 Å². The number of halogens is 2. The maximum atomic E-state index is 11.8. The summed E-state index contributed by atoms with van der Waals surface area (Å²) in [5, 5.41) is 12.7. The quantitative estimate of drug-likeness (QED) is 0.844. The number of Topliss-reactive ketones (excluding diaryl/α,β-unsaturated/α-hetero) is 1. The summed E-state index contributed by atoms with van der Waals surface area (Å²) < 4.78 is 0. The maximum absolute atomic E-state index is 11.8. The summed E-state index contributed by atoms with van der Waals surface area (Å²) >= 11 is 11.6. The smallest absolute Gasteiger partial charge is 0.261 e. The zero-order valence-corrected chi connectivity index (χ0v) is 12.3. The highest BCUT2D eigenvalue weighted by molar-refractivity contribution is 6.36. The number of anilines is 1. The lowest BCUT2D eigenvalue weighted by Gasteiger charge is -2.20. The molecule has 0 saturated heterocycles. The molecule has 1 unspecified atom stereocenters. The molecule has 4 nitrogen and oxygen atoms in total. The largest absolute Gasteiger partial charge is 0.376 e. The third kappa shape index (κ3) is 4.20. The minimum atomic E-state index is -1.73. The Morgan fingerprint density at radius 3 is 2.32 bits per heavy atom. The molecular formula is C13H15Cl2NO3. The normalized spacial score (nSPS) is 12.9. The van der Waals surface area contributed by atoms with Gasteiger partial charge in [-0.2, -0.15) is 0 Å². The summed E-state index contributed by atoms with van der Waals surface area (Å²) in [5.41, 5.74) is -0.516. The molecule has 0 aliphatic rings. The Bertz CT molecular complexity index is 509. The first-order chi connectivity index (χ1) is 8.62. The van der Waals surface area contributed by atoms with E-state index in [0.29, 0.717) is 5.02 Å². The van der Waals surface area contributed by atoms with Crippen molar-refractivity contribution in [2.45, 2.75) is 26.9 Å². The van der Waals surface area contributed by atoms with E-state index in [4.69, 9.17) is 23.2 Å². The average molecular weight is 304 g/mol. The zero-order valence-electron chi connectivity index (χ0n) is 10.8. The second-order valence-corrected chi connectivity index (χ2v) is 5.97. The van der Waals surface area contributed by atoms with E-state index in [-0.39, 0.29) is 10.7 Å². The lowest BCUT2D eigenvalue weighted by Crippen LogP contribution is -2.41. The number of hydrogen-bond acceptors (Lipinski definition) is 3. The molecule has 6 heteroatoms. The van der Waals surface area contributed by atoms with E-state index in [0.717, 1.165) is 0 Å². The van der Waals surface area contributed by atoms with Crippen LogP contribution in [0.4, 0.5) is 5.69 Å². The lowest BCUT2D eigenvalue weighted by molar-refractivity contribution is -0.142. The van der Waals surface area contributed by atoms with E-state index in [2.05, 4.69) is 5.32 Å². The molecule has 1 aromatic rings. The van der Waals surface area contributed by atoms with Crippen LogP contribution in [-0.2, 0) is 9.59 Å². The second kappa shape index (κ2) is 5.90. The summed E-state index contributed by atoms with van der Waals surface area (Å²) in [6.45, 7) is 4.88. The number of carbonyl (C=O) groups excluding carboxylic acids is 2. The fourth-order valence-electron chi connectivity index (χ4n) is 1.32. The fraction of sp³-hybridized carbons (Fsp3) is 0.385. The van der Waals surface area contributed by atoms with Gasteiger partial charge in [0.1, 0.15) is 0 Å². The Morgan fingerprint density at radius 2 is 1.84 bits per heavy atom. The molecule has 1 rings (SSSR count). The van der Waals surface area contributed by atoms with Crippen LogP contribution in [0, 0.1) is 5.41 Å². The van der Waals surface area contributed by atoms with Crippen LogP contribution < -0.4 is 5.32 Å². The van der Waals surface area contributed by atoms with Crippen molar-refractivity contribution in [2.75, 3.05) is 5.32 Å². The van der Waals surface area contributed by atoms with Gasteiger partial charge >= 0.3 is 0 Å². The molecule has 0 fully saturated rings. The van der Waals surface area contributed by atoms with E-state index < -0.39 is 23.2 Å². The first-order valence-corrected chi connectivity index (χ1v) is 6.37. The van der Waals surface area contributed by atoms with Crippen molar-refractivity contribution in [3.63, 3.8) is 0 Å². The molecule has 0 saturated carbocycles. The van der Waals surface area contributed by atoms with E-state index in [1.165, 1.54) is 12.1 Å². The summed E-state index contributed by atoms with van der Waals surface area (Å²) in [4.78, 5) is 23.5. The zero-order chi connectivity index (χ0) is 14.8. The molecule has 19 heavy (non-hydrogen) atoms. The van der Waals surface area contributed by atoms with Gasteiger partial charge in [-0.15, -0.1) is 0 Å². The number of rotatable bonds is 3. The molecule has 1 atom stereocenters. The monoisotopic (exact) mass is 303 g/mol. The van der Waals surface area contributed by atoms with E-state index >= 15 is 0 Å². The molecule has 0 bridgehead atoms. The molecule has 0 aromatic heterocycles. The van der Waals surface area contributed by atoms with Gasteiger partial charge in [0.05, 0.1) is 10.7 Å². The van der Waals surface area contributed by atoms with Crippen molar-refractivity contribution in [2.24, 2.45) is 5.41 Å². The van der Waals surface area contributed by atoms with Crippen molar-refractivity contribution in [3.8, 4) is 0 Å². The van der Waals surface area contributed by atoms with Crippen LogP contribution in [0.15, 0.2) is 18.2 Å². The van der Waals surface area contributed by atoms with E-state index in [9.17, 15) is 14.7 Å². The van der Waals surface area contributed by atoms with E-state index in [1.807, 2.05) is 0 Å². The van der Waals surface area contributed by atoms with Crippen LogP contribution in [0.1, 0.15) is 20.8 Å². The highest BCUT2D eigenvalue weighted by Gasteiger charge is 2.33. The molecule has 0 spiro atoms. The third-order valence-electron chi connectivity index (χ3n) is 2.42. The third-order valence-corrected chi connectivity index (χ3v) is 2.97. The number of benzene rings is 1. The molecule has 104 valence electrons. The summed E-state index contributed by atoms with van der Waals surface area (Å²) in [6.07, 6.45) is -1.73. The molecule has 2 N–H and O–H groups in total. The Morgan fingerprint density at radius 1 is 1.26 bits per heavy atom. The number of aliphatic hydroxyl groups is 1. The van der Waals surface area contributed by atoms with Crippen molar-refractivity contribution in [1.82, 2.24) is 0 Å². The van der Waals surface area contributed by atoms with Crippen molar-refractivity contribution in [1.29, 1.82) is 0 Å². The predicted molar refractivity (Wildman–Crippen MR) is 75.6 cm³/mol. The van der Waals surface area contributed by atoms with Crippen LogP contribution >= 0.6 is 23.2 Å². The number of hydrogen-bond donors (Lipinski definition) is 2. The second-order valence-electron chi connectivity index (χ2n) is 5.13. The maximum Gasteiger partial charge on any atom is 0.261 e. The van der Waals surface area contributed by atoms with Gasteiger partial charge in [0.2, 0.25) is 0 Å². The number of amides is 1. The number of aliphatic hydroxyl groups excluding tert-OH is 1. The number of carbonyl (C=O) groups is 2. The SMILES string of the molecule is CC(C)(C)C(=O)C(O)C(=O)Nc1ccc(Cl)cc1Cl. The molecule has 1 aromatic carbocycles. The van der Waals surface area contributed by atoms with Gasteiger partial charge in [0.25, 0.3) is 5.91 Å². The Labute approximate surface area is 121 Å². The molecule has 1 amide bonds. The van der Waals surface area contributed by atoms with Crippen LogP contribution in [0.3, 0.4) is 0 Å². The first-order valence-electron chi connectivity index (χ1n) is 5.61. The first kappa shape index (κ1) is 16.0. The lowest BCUT2D eigenvalue weighted by atomic mass is 9.87. The predicted octanol–water partition coefficient (Wildman–Crippen LogP) is 2.91. The van der Waals surface area contributed by atoms with Crippen LogP contribution in [0.5, 0.6) is 0 Å². The Kier molecular flexibility index (Phi) is 4.96. The minimum Gasteiger partial charge on any atom is -0.376 e. The van der Waals surface area contributed by atoms with Crippen LogP contribution in [-0.4, -0.2) is 22.9 Å². The van der Waals surface area contributed by atoms with Gasteiger partial charge < -0.3 is 10.4 Å². The molecule has 0 aliphatic heterocycles. The van der Waals surface area contributed by atoms with E-state index in [1.54, 1.807) is 26.8 Å². The number of ketones is 1. The molecule has 0 radical (unpaired) electrons. The van der Waals surface area contributed by atoms with Gasteiger partial charge in [-0.05, 0) is 18.2 Å². The van der Waals surface area contributed by atoms with Crippen molar-refractivity contribution < 1.29 is 14.7 Å². The standard InChI is InChI=1S/C13H15Cl2NO3/c1-13(2,3)11(18)10(17)12(19)16-9-5-4-7(14)6-8(9)15/h4-6,10,17H,1-3H3,(H,16,19). The van der Waals surface area contributed by atoms with Crippen LogP contribution in [0.25, 0.3) is 0 Å². The highest BCUT2D eigenvalue weighted by Crippen LogP contribution is 2.26. The topological polar surface area (TPSA) is 66.4 Å². The minimum absolute atomic E-state index is 0.233. The molecule has 0 aliphatic carbocycles. The van der Waals surface area contributed by atoms with Gasteiger partial charge in [-0.3, -0.25) is 9.59 Å². The Hall–Kier alpha value is -1.10. The van der Waals surface area contributed by atoms with Gasteiger partial charge in [0.15, 0.2) is 11.9 Å². The average Bonchev–Trinajstić information content (AvgIpc) is 2.29. The van der Waals surface area contributed by atoms with Gasteiger partial charge in [-0.25, -0.2) is 0 Å². The van der Waals surface area contributed by atoms with Gasteiger partial charge in [-0.1, -0.05) is 44.0 Å². The van der Waals surface area contributed by atoms with Crippen molar-refractivity contribution >= 4 is 40.6 Å². The number of nitrogens with one attached hydrogen (secondary N) is 1.